The van der Waals surface area contributed by atoms with Crippen LogP contribution in [0.1, 0.15) is 0 Å². The summed E-state index contributed by atoms with van der Waals surface area (Å²) in [6.45, 7) is 0.233. The Morgan fingerprint density at radius 3 is 1.88 bits per heavy atom. The van der Waals surface area contributed by atoms with Gasteiger partial charge in [-0.05, 0) is 24.3 Å². The van der Waals surface area contributed by atoms with Crippen LogP contribution in [0.3, 0.4) is 0 Å². The zero-order valence-electron chi connectivity index (χ0n) is 19.2. The molecule has 2 heterocycles. The van der Waals surface area contributed by atoms with Crippen molar-refractivity contribution < 1.29 is 37.3 Å². The van der Waals surface area contributed by atoms with Crippen LogP contribution >= 0.6 is 7.75 Å². The van der Waals surface area contributed by atoms with Gasteiger partial charge in [0.15, 0.2) is 5.72 Å². The van der Waals surface area contributed by atoms with Gasteiger partial charge in [0.2, 0.25) is 0 Å². The molecular weight excluding hydrogens is 449 g/mol. The quantitative estimate of drug-likeness (QED) is 0.476. The lowest BCUT2D eigenvalue weighted by Gasteiger charge is -2.48. The molecule has 0 spiro atoms. The van der Waals surface area contributed by atoms with E-state index in [0.717, 1.165) is 0 Å². The molecule has 2 aromatic rings. The van der Waals surface area contributed by atoms with E-state index >= 15 is 0 Å². The van der Waals surface area contributed by atoms with E-state index in [-0.39, 0.29) is 13.2 Å². The number of nitrogens with zero attached hydrogens (tertiary/aromatic N) is 1. The first kappa shape index (κ1) is 24.2. The Bertz CT molecular complexity index is 902. The van der Waals surface area contributed by atoms with Gasteiger partial charge in [-0.3, -0.25) is 0 Å². The van der Waals surface area contributed by atoms with Crippen molar-refractivity contribution in [1.82, 2.24) is 4.67 Å². The molecule has 0 aliphatic carbocycles. The van der Waals surface area contributed by atoms with Gasteiger partial charge in [0.1, 0.15) is 35.9 Å². The highest BCUT2D eigenvalue weighted by molar-refractivity contribution is 7.52. The van der Waals surface area contributed by atoms with Gasteiger partial charge in [0.05, 0.1) is 6.61 Å². The molecule has 2 aliphatic heterocycles. The summed E-state index contributed by atoms with van der Waals surface area (Å²) in [5, 5.41) is 0. The molecule has 2 saturated heterocycles. The minimum atomic E-state index is -4.06. The van der Waals surface area contributed by atoms with Gasteiger partial charge in [0, 0.05) is 35.0 Å². The maximum absolute atomic E-state index is 14.6. The van der Waals surface area contributed by atoms with Crippen LogP contribution in [0, 0.1) is 0 Å². The second-order valence-electron chi connectivity index (χ2n) is 7.85. The van der Waals surface area contributed by atoms with Crippen molar-refractivity contribution in [2.24, 2.45) is 0 Å². The Balaban J connectivity index is 1.81. The van der Waals surface area contributed by atoms with Crippen LogP contribution in [-0.4, -0.2) is 76.4 Å². The number of ether oxygens (including phenoxy) is 5. The maximum atomic E-state index is 14.6. The molecule has 2 aliphatic rings. The summed E-state index contributed by atoms with van der Waals surface area (Å²) in [6, 6.07) is 17.8. The van der Waals surface area contributed by atoms with Crippen LogP contribution in [0.4, 0.5) is 0 Å². The smallest absolute Gasteiger partial charge is 0.404 e. The summed E-state index contributed by atoms with van der Waals surface area (Å²) < 4.78 is 57.7. The summed E-state index contributed by atoms with van der Waals surface area (Å²) in [6.07, 6.45) is -2.15. The van der Waals surface area contributed by atoms with Crippen LogP contribution in [0.25, 0.3) is 0 Å². The molecule has 33 heavy (non-hydrogen) atoms. The molecule has 0 saturated carbocycles. The highest BCUT2D eigenvalue weighted by Crippen LogP contribution is 2.60. The van der Waals surface area contributed by atoms with E-state index < -0.39 is 37.9 Å². The van der Waals surface area contributed by atoms with Crippen molar-refractivity contribution in [3.05, 3.63) is 60.7 Å². The predicted octanol–water partition coefficient (Wildman–Crippen LogP) is 3.35. The molecule has 0 amide bonds. The number of fused-ring (bicyclic) bond motifs is 2. The Morgan fingerprint density at radius 1 is 0.879 bits per heavy atom. The average molecular weight is 479 g/mol. The van der Waals surface area contributed by atoms with Crippen LogP contribution < -0.4 is 9.05 Å². The van der Waals surface area contributed by atoms with E-state index in [1.807, 2.05) is 12.1 Å². The van der Waals surface area contributed by atoms with Crippen molar-refractivity contribution >= 4 is 7.75 Å². The fraction of sp³-hybridized carbons (Fsp3) is 0.478. The molecule has 9 nitrogen and oxygen atoms in total. The third-order valence-electron chi connectivity index (χ3n) is 5.95. The zero-order valence-corrected chi connectivity index (χ0v) is 20.1. The first-order valence-corrected chi connectivity index (χ1v) is 12.1. The molecule has 2 aromatic carbocycles. The largest absolute Gasteiger partial charge is 0.518 e. The lowest BCUT2D eigenvalue weighted by Crippen LogP contribution is -2.66. The van der Waals surface area contributed by atoms with Crippen molar-refractivity contribution in [2.75, 3.05) is 41.6 Å². The second-order valence-corrected chi connectivity index (χ2v) is 9.64. The normalized spacial score (nSPS) is 29.7. The van der Waals surface area contributed by atoms with Crippen molar-refractivity contribution in [2.45, 2.75) is 30.1 Å². The minimum absolute atomic E-state index is 0.0403. The summed E-state index contributed by atoms with van der Waals surface area (Å²) in [4.78, 5) is 0. The Hall–Kier alpha value is -1.97. The second kappa shape index (κ2) is 10.1. The van der Waals surface area contributed by atoms with Gasteiger partial charge >= 0.3 is 7.75 Å². The number of rotatable bonds is 10. The third-order valence-corrected chi connectivity index (χ3v) is 7.93. The van der Waals surface area contributed by atoms with Crippen LogP contribution in [0.15, 0.2) is 60.7 Å². The molecule has 5 atom stereocenters. The lowest BCUT2D eigenvalue weighted by atomic mass is 9.93. The highest BCUT2D eigenvalue weighted by atomic mass is 31.2. The maximum Gasteiger partial charge on any atom is 0.518 e. The molecular formula is C23H30NO8P. The number of para-hydroxylation sites is 2. The third kappa shape index (κ3) is 4.42. The number of hydrogen-bond donors (Lipinski definition) is 0. The summed E-state index contributed by atoms with van der Waals surface area (Å²) in [5.74, 6) is 0.789. The molecule has 0 radical (unpaired) electrons. The van der Waals surface area contributed by atoms with Crippen molar-refractivity contribution in [3.63, 3.8) is 0 Å². The molecule has 4 rings (SSSR count). The van der Waals surface area contributed by atoms with Crippen molar-refractivity contribution in [1.29, 1.82) is 0 Å². The van der Waals surface area contributed by atoms with E-state index in [9.17, 15) is 4.57 Å². The fourth-order valence-corrected chi connectivity index (χ4v) is 6.63. The first-order chi connectivity index (χ1) is 16.0. The molecule has 0 N–H and O–H groups in total. The van der Waals surface area contributed by atoms with E-state index in [1.54, 1.807) is 81.6 Å². The van der Waals surface area contributed by atoms with Gasteiger partial charge in [-0.2, -0.15) is 4.67 Å². The Morgan fingerprint density at radius 2 is 1.42 bits per heavy atom. The molecule has 0 unspecified atom stereocenters. The molecule has 2 bridgehead atoms. The van der Waals surface area contributed by atoms with Gasteiger partial charge in [-0.15, -0.1) is 0 Å². The van der Waals surface area contributed by atoms with E-state index in [2.05, 4.69) is 0 Å². The van der Waals surface area contributed by atoms with Gasteiger partial charge in [-0.25, -0.2) is 4.57 Å². The Labute approximate surface area is 194 Å². The monoisotopic (exact) mass is 479 g/mol. The lowest BCUT2D eigenvalue weighted by molar-refractivity contribution is -0.283. The van der Waals surface area contributed by atoms with Crippen LogP contribution in [0.2, 0.25) is 0 Å². The molecule has 2 fully saturated rings. The van der Waals surface area contributed by atoms with Crippen LogP contribution in [0.5, 0.6) is 11.5 Å². The number of hydrogen-bond acceptors (Lipinski definition) is 8. The fourth-order valence-electron chi connectivity index (χ4n) is 4.62. The summed E-state index contributed by atoms with van der Waals surface area (Å²) in [5.41, 5.74) is -1.30. The highest BCUT2D eigenvalue weighted by Gasteiger charge is 2.69. The number of benzene rings is 2. The van der Waals surface area contributed by atoms with E-state index in [0.29, 0.717) is 11.5 Å². The standard InChI is InChI=1S/C23H30NO8P/c1-26-16-23-22(29-4)21(28-3)20(27-2)19(30-23)15-24(23)33(25,31-17-11-7-5-8-12-17)32-18-13-9-6-10-14-18/h5-14,19-22H,15-16H2,1-4H3/t19-,20+,21-,22+,23-/m1/s1. The first-order valence-electron chi connectivity index (χ1n) is 10.6. The summed E-state index contributed by atoms with van der Waals surface area (Å²) in [7, 11) is 2.19. The average Bonchev–Trinajstić information content (AvgIpc) is 3.16. The van der Waals surface area contributed by atoms with Crippen LogP contribution in [-0.2, 0) is 28.2 Å². The van der Waals surface area contributed by atoms with E-state index in [1.165, 1.54) is 0 Å². The Kier molecular flexibility index (Phi) is 7.40. The molecule has 0 aromatic heterocycles. The number of methoxy groups -OCH3 is 4. The minimum Gasteiger partial charge on any atom is -0.404 e. The van der Waals surface area contributed by atoms with E-state index in [4.69, 9.17) is 32.7 Å². The SMILES string of the molecule is COC[C@]12O[C@H](CN1P(=O)(Oc1ccccc1)Oc1ccccc1)[C@H](OC)[C@@H](OC)[C@@H]2OC. The zero-order chi connectivity index (χ0) is 23.5. The molecule has 180 valence electrons. The predicted molar refractivity (Wildman–Crippen MR) is 120 cm³/mol. The van der Waals surface area contributed by atoms with Gasteiger partial charge in [0.25, 0.3) is 0 Å². The van der Waals surface area contributed by atoms with Gasteiger partial charge < -0.3 is 32.7 Å². The summed E-state index contributed by atoms with van der Waals surface area (Å²) >= 11 is 0. The van der Waals surface area contributed by atoms with Gasteiger partial charge in [-0.1, -0.05) is 36.4 Å². The van der Waals surface area contributed by atoms with Crippen molar-refractivity contribution in [3.8, 4) is 11.5 Å². The molecule has 10 heteroatoms. The topological polar surface area (TPSA) is 84.9 Å².